The van der Waals surface area contributed by atoms with E-state index in [9.17, 15) is 4.79 Å². The largest absolute Gasteiger partial charge is 0.355 e. The quantitative estimate of drug-likeness (QED) is 0.845. The van der Waals surface area contributed by atoms with Gasteiger partial charge in [-0.15, -0.1) is 0 Å². The van der Waals surface area contributed by atoms with Gasteiger partial charge in [0.25, 0.3) is 5.91 Å². The molecular formula is C13H12ClN3O. The van der Waals surface area contributed by atoms with Gasteiger partial charge in [0.2, 0.25) is 0 Å². The standard InChI is InChI=1S/C13H12ClN3O/c1-8-6-9(13(18)15-2)7-11(16-8)10-4-3-5-12(14)17-10/h3-7H,1-2H3,(H,15,18). The molecule has 2 aromatic rings. The molecule has 4 nitrogen and oxygen atoms in total. The molecule has 92 valence electrons. The van der Waals surface area contributed by atoms with Crippen LogP contribution in [0.1, 0.15) is 16.1 Å². The first-order chi connectivity index (χ1) is 8.60. The van der Waals surface area contributed by atoms with Crippen LogP contribution in [0.5, 0.6) is 0 Å². The topological polar surface area (TPSA) is 54.9 Å². The maximum absolute atomic E-state index is 11.6. The van der Waals surface area contributed by atoms with E-state index in [1.54, 1.807) is 37.4 Å². The predicted octanol–water partition coefficient (Wildman–Crippen LogP) is 2.47. The third-order valence-corrected chi connectivity index (χ3v) is 2.63. The average molecular weight is 262 g/mol. The molecule has 1 N–H and O–H groups in total. The van der Waals surface area contributed by atoms with Crippen molar-refractivity contribution in [3.63, 3.8) is 0 Å². The minimum absolute atomic E-state index is 0.149. The maximum atomic E-state index is 11.6. The van der Waals surface area contributed by atoms with E-state index in [2.05, 4.69) is 15.3 Å². The van der Waals surface area contributed by atoms with E-state index >= 15 is 0 Å². The Morgan fingerprint density at radius 1 is 1.22 bits per heavy atom. The van der Waals surface area contributed by atoms with Crippen LogP contribution in [0.4, 0.5) is 0 Å². The lowest BCUT2D eigenvalue weighted by atomic mass is 10.1. The van der Waals surface area contributed by atoms with Gasteiger partial charge in [-0.25, -0.2) is 4.98 Å². The highest BCUT2D eigenvalue weighted by atomic mass is 35.5. The Balaban J connectivity index is 2.51. The first kappa shape index (κ1) is 12.5. The predicted molar refractivity (Wildman–Crippen MR) is 70.6 cm³/mol. The van der Waals surface area contributed by atoms with E-state index in [0.29, 0.717) is 22.1 Å². The lowest BCUT2D eigenvalue weighted by Gasteiger charge is -2.06. The molecule has 0 aromatic carbocycles. The Morgan fingerprint density at radius 3 is 2.67 bits per heavy atom. The van der Waals surface area contributed by atoms with Gasteiger partial charge in [0, 0.05) is 18.3 Å². The molecule has 0 atom stereocenters. The summed E-state index contributed by atoms with van der Waals surface area (Å²) in [6, 6.07) is 8.73. The van der Waals surface area contributed by atoms with Gasteiger partial charge in [-0.05, 0) is 31.2 Å². The molecule has 0 aliphatic carbocycles. The summed E-state index contributed by atoms with van der Waals surface area (Å²) >= 11 is 5.85. The van der Waals surface area contributed by atoms with E-state index in [-0.39, 0.29) is 5.91 Å². The Hall–Kier alpha value is -1.94. The molecule has 0 fully saturated rings. The Labute approximate surface area is 110 Å². The van der Waals surface area contributed by atoms with Crippen LogP contribution in [0, 0.1) is 6.92 Å². The first-order valence-corrected chi connectivity index (χ1v) is 5.81. The van der Waals surface area contributed by atoms with Gasteiger partial charge in [0.1, 0.15) is 5.15 Å². The van der Waals surface area contributed by atoms with Crippen molar-refractivity contribution in [3.8, 4) is 11.4 Å². The van der Waals surface area contributed by atoms with Crippen molar-refractivity contribution >= 4 is 17.5 Å². The van der Waals surface area contributed by atoms with Gasteiger partial charge in [-0.1, -0.05) is 17.7 Å². The fraction of sp³-hybridized carbons (Fsp3) is 0.154. The molecule has 0 saturated carbocycles. The van der Waals surface area contributed by atoms with Crippen LogP contribution in [0.25, 0.3) is 11.4 Å². The summed E-state index contributed by atoms with van der Waals surface area (Å²) in [4.78, 5) is 20.2. The number of nitrogens with zero attached hydrogens (tertiary/aromatic N) is 2. The smallest absolute Gasteiger partial charge is 0.251 e. The van der Waals surface area contributed by atoms with Crippen molar-refractivity contribution in [1.29, 1.82) is 0 Å². The van der Waals surface area contributed by atoms with Crippen molar-refractivity contribution in [2.45, 2.75) is 6.92 Å². The van der Waals surface area contributed by atoms with Gasteiger partial charge in [-0.3, -0.25) is 9.78 Å². The van der Waals surface area contributed by atoms with E-state index in [4.69, 9.17) is 11.6 Å². The number of aryl methyl sites for hydroxylation is 1. The van der Waals surface area contributed by atoms with Crippen LogP contribution < -0.4 is 5.32 Å². The van der Waals surface area contributed by atoms with Crippen molar-refractivity contribution in [3.05, 3.63) is 46.7 Å². The third-order valence-electron chi connectivity index (χ3n) is 2.42. The second-order valence-corrected chi connectivity index (χ2v) is 4.19. The van der Waals surface area contributed by atoms with Gasteiger partial charge in [0.15, 0.2) is 0 Å². The summed E-state index contributed by atoms with van der Waals surface area (Å²) in [5, 5.41) is 2.99. The number of carbonyl (C=O) groups excluding carboxylic acids is 1. The second kappa shape index (κ2) is 5.14. The average Bonchev–Trinajstić information content (AvgIpc) is 2.37. The zero-order valence-electron chi connectivity index (χ0n) is 10.1. The second-order valence-electron chi connectivity index (χ2n) is 3.81. The van der Waals surface area contributed by atoms with E-state index in [1.165, 1.54) is 0 Å². The number of pyridine rings is 2. The highest BCUT2D eigenvalue weighted by Gasteiger charge is 2.09. The summed E-state index contributed by atoms with van der Waals surface area (Å²) in [6.45, 7) is 1.83. The van der Waals surface area contributed by atoms with Crippen LogP contribution in [-0.2, 0) is 0 Å². The summed E-state index contributed by atoms with van der Waals surface area (Å²) in [5.41, 5.74) is 2.60. The number of halogens is 1. The Bertz CT molecular complexity index is 599. The third kappa shape index (κ3) is 2.65. The van der Waals surface area contributed by atoms with Crippen LogP contribution >= 0.6 is 11.6 Å². The molecule has 0 unspecified atom stereocenters. The molecule has 0 spiro atoms. The molecule has 0 saturated heterocycles. The normalized spacial score (nSPS) is 10.2. The fourth-order valence-electron chi connectivity index (χ4n) is 1.63. The molecule has 18 heavy (non-hydrogen) atoms. The number of rotatable bonds is 2. The zero-order valence-corrected chi connectivity index (χ0v) is 10.8. The van der Waals surface area contributed by atoms with E-state index in [1.807, 2.05) is 6.92 Å². The zero-order chi connectivity index (χ0) is 13.1. The minimum Gasteiger partial charge on any atom is -0.355 e. The van der Waals surface area contributed by atoms with Crippen LogP contribution in [0.15, 0.2) is 30.3 Å². The monoisotopic (exact) mass is 261 g/mol. The summed E-state index contributed by atoms with van der Waals surface area (Å²) in [5.74, 6) is -0.149. The van der Waals surface area contributed by atoms with Crippen molar-refractivity contribution in [2.75, 3.05) is 7.05 Å². The van der Waals surface area contributed by atoms with Gasteiger partial charge in [0.05, 0.1) is 11.4 Å². The highest BCUT2D eigenvalue weighted by molar-refractivity contribution is 6.29. The number of amides is 1. The van der Waals surface area contributed by atoms with Crippen LogP contribution in [0.3, 0.4) is 0 Å². The van der Waals surface area contributed by atoms with Gasteiger partial charge >= 0.3 is 0 Å². The minimum atomic E-state index is -0.149. The summed E-state index contributed by atoms with van der Waals surface area (Å²) < 4.78 is 0. The summed E-state index contributed by atoms with van der Waals surface area (Å²) in [6.07, 6.45) is 0. The Morgan fingerprint density at radius 2 is 2.00 bits per heavy atom. The van der Waals surface area contributed by atoms with Gasteiger partial charge in [-0.2, -0.15) is 0 Å². The van der Waals surface area contributed by atoms with E-state index < -0.39 is 0 Å². The number of hydrogen-bond acceptors (Lipinski definition) is 3. The molecule has 2 rings (SSSR count). The number of aromatic nitrogens is 2. The van der Waals surface area contributed by atoms with Crippen molar-refractivity contribution in [1.82, 2.24) is 15.3 Å². The molecule has 1 amide bonds. The molecule has 5 heteroatoms. The van der Waals surface area contributed by atoms with Crippen molar-refractivity contribution < 1.29 is 4.79 Å². The first-order valence-electron chi connectivity index (χ1n) is 5.44. The molecule has 0 radical (unpaired) electrons. The number of carbonyl (C=O) groups is 1. The summed E-state index contributed by atoms with van der Waals surface area (Å²) in [7, 11) is 1.59. The van der Waals surface area contributed by atoms with Crippen LogP contribution in [0.2, 0.25) is 5.15 Å². The molecule has 0 bridgehead atoms. The molecule has 2 aromatic heterocycles. The maximum Gasteiger partial charge on any atom is 0.251 e. The number of nitrogens with one attached hydrogen (secondary N) is 1. The van der Waals surface area contributed by atoms with E-state index in [0.717, 1.165) is 5.69 Å². The SMILES string of the molecule is CNC(=O)c1cc(C)nc(-c2cccc(Cl)n2)c1. The van der Waals surface area contributed by atoms with Crippen LogP contribution in [-0.4, -0.2) is 22.9 Å². The van der Waals surface area contributed by atoms with Gasteiger partial charge < -0.3 is 5.32 Å². The Kier molecular flexibility index (Phi) is 3.58. The molecule has 2 heterocycles. The molecule has 0 aliphatic rings. The highest BCUT2D eigenvalue weighted by Crippen LogP contribution is 2.19. The fourth-order valence-corrected chi connectivity index (χ4v) is 1.79. The van der Waals surface area contributed by atoms with Crippen molar-refractivity contribution in [2.24, 2.45) is 0 Å². The molecular weight excluding hydrogens is 250 g/mol. The number of hydrogen-bond donors (Lipinski definition) is 1. The lowest BCUT2D eigenvalue weighted by molar-refractivity contribution is 0.0963. The molecule has 0 aliphatic heterocycles. The lowest BCUT2D eigenvalue weighted by Crippen LogP contribution is -2.18.